The summed E-state index contributed by atoms with van der Waals surface area (Å²) < 4.78 is 0. The molecule has 1 amide bonds. The third-order valence-electron chi connectivity index (χ3n) is 1.74. The second-order valence-corrected chi connectivity index (χ2v) is 3.58. The first-order chi connectivity index (χ1) is 4.73. The Morgan fingerprint density at radius 2 is 1.73 bits per heavy atom. The summed E-state index contributed by atoms with van der Waals surface area (Å²) in [7, 11) is 0. The van der Waals surface area contributed by atoms with Gasteiger partial charge in [-0.2, -0.15) is 0 Å². The quantitative estimate of drug-likeness (QED) is 0.411. The number of nitrogens with zero attached hydrogens (tertiary/aromatic N) is 1. The molecule has 0 aliphatic carbocycles. The Morgan fingerprint density at radius 3 is 1.82 bits per heavy atom. The summed E-state index contributed by atoms with van der Waals surface area (Å²) in [5.41, 5.74) is 9.15. The van der Waals surface area contributed by atoms with E-state index < -0.39 is 17.0 Å². The second-order valence-electron chi connectivity index (χ2n) is 3.58. The van der Waals surface area contributed by atoms with Crippen LogP contribution >= 0.6 is 0 Å². The van der Waals surface area contributed by atoms with Crippen LogP contribution in [0.3, 0.4) is 0 Å². The Bertz CT molecular complexity index is 179. The average Bonchev–Trinajstić information content (AvgIpc) is 1.83. The lowest BCUT2D eigenvalue weighted by Gasteiger charge is -2.34. The largest absolute Gasteiger partial charge is 0.305 e. The van der Waals surface area contributed by atoms with Crippen LogP contribution in [0.2, 0.25) is 0 Å². The molecule has 0 radical (unpaired) electrons. The molecule has 0 atom stereocenters. The number of nitrogens with two attached hydrogens (primary N) is 2. The van der Waals surface area contributed by atoms with Gasteiger partial charge >= 0.3 is 0 Å². The molecule has 0 saturated carbocycles. The molecular formula is C7H15N3O. The van der Waals surface area contributed by atoms with Crippen molar-refractivity contribution >= 4 is 12.6 Å². The highest BCUT2D eigenvalue weighted by molar-refractivity contribution is 5.89. The summed E-state index contributed by atoms with van der Waals surface area (Å²) in [6.07, 6.45) is 0. The highest BCUT2D eigenvalue weighted by atomic mass is 16.2. The van der Waals surface area contributed by atoms with Gasteiger partial charge in [0, 0.05) is 5.41 Å². The van der Waals surface area contributed by atoms with Gasteiger partial charge in [0.1, 0.15) is 0 Å². The summed E-state index contributed by atoms with van der Waals surface area (Å²) >= 11 is 0. The van der Waals surface area contributed by atoms with Gasteiger partial charge in [-0.15, -0.1) is 0 Å². The van der Waals surface area contributed by atoms with E-state index in [-0.39, 0.29) is 0 Å². The van der Waals surface area contributed by atoms with Crippen LogP contribution in [0.25, 0.3) is 0 Å². The molecule has 0 unspecified atom stereocenters. The van der Waals surface area contributed by atoms with E-state index >= 15 is 0 Å². The molecule has 4 nitrogen and oxygen atoms in total. The van der Waals surface area contributed by atoms with E-state index in [1.807, 2.05) is 0 Å². The Morgan fingerprint density at radius 1 is 1.36 bits per heavy atom. The second kappa shape index (κ2) is 2.71. The molecule has 4 heteroatoms. The fraction of sp³-hybridized carbons (Fsp3) is 0.714. The number of carbonyl (C=O) groups excluding carboxylic acids is 1. The van der Waals surface area contributed by atoms with Crippen LogP contribution in [0.4, 0.5) is 0 Å². The molecule has 4 N–H and O–H groups in total. The van der Waals surface area contributed by atoms with Crippen molar-refractivity contribution in [2.45, 2.75) is 26.4 Å². The van der Waals surface area contributed by atoms with Crippen molar-refractivity contribution in [1.29, 1.82) is 0 Å². The lowest BCUT2D eigenvalue weighted by molar-refractivity contribution is -0.126. The van der Waals surface area contributed by atoms with Crippen molar-refractivity contribution in [2.75, 3.05) is 0 Å². The minimum Gasteiger partial charge on any atom is -0.305 e. The van der Waals surface area contributed by atoms with Crippen LogP contribution in [0.15, 0.2) is 4.99 Å². The number of hydrogen-bond donors (Lipinski definition) is 2. The zero-order valence-corrected chi connectivity index (χ0v) is 7.22. The molecule has 0 aliphatic heterocycles. The van der Waals surface area contributed by atoms with Gasteiger partial charge in [0.15, 0.2) is 5.66 Å². The molecule has 0 bridgehead atoms. The normalized spacial score (nSPS) is 12.8. The molecule has 0 spiro atoms. The van der Waals surface area contributed by atoms with Crippen LogP contribution in [0.5, 0.6) is 0 Å². The molecule has 64 valence electrons. The van der Waals surface area contributed by atoms with Gasteiger partial charge in [0.05, 0.1) is 0 Å². The molecule has 0 rings (SSSR count). The molecule has 0 saturated heterocycles. The zero-order valence-electron chi connectivity index (χ0n) is 7.22. The summed E-state index contributed by atoms with van der Waals surface area (Å²) in [4.78, 5) is 14.2. The summed E-state index contributed by atoms with van der Waals surface area (Å²) in [5.74, 6) is -0.579. The van der Waals surface area contributed by atoms with E-state index in [9.17, 15) is 4.79 Å². The number of carbonyl (C=O) groups is 1. The Hall–Kier alpha value is -0.740. The van der Waals surface area contributed by atoms with Gasteiger partial charge in [0.25, 0.3) is 5.91 Å². The third kappa shape index (κ3) is 1.85. The Balaban J connectivity index is 4.73. The number of aliphatic imine (C=N–C) groups is 1. The van der Waals surface area contributed by atoms with E-state index in [4.69, 9.17) is 11.5 Å². The molecule has 0 aromatic heterocycles. The predicted octanol–water partition coefficient (Wildman–Crippen LogP) is -0.127. The topological polar surface area (TPSA) is 81.5 Å². The fourth-order valence-electron chi connectivity index (χ4n) is 0.452. The standard InChI is InChI=1S/C7H15N3O/c1-6(2,3)7(8,9)5(11)10-4/h4,8-9H2,1-3H3. The first-order valence-corrected chi connectivity index (χ1v) is 3.32. The summed E-state index contributed by atoms with van der Waals surface area (Å²) in [6.45, 7) is 8.40. The monoisotopic (exact) mass is 157 g/mol. The van der Waals surface area contributed by atoms with Gasteiger partial charge in [-0.1, -0.05) is 20.8 Å². The highest BCUT2D eigenvalue weighted by Gasteiger charge is 2.40. The molecule has 11 heavy (non-hydrogen) atoms. The van der Waals surface area contributed by atoms with Crippen molar-refractivity contribution in [3.05, 3.63) is 0 Å². The smallest absolute Gasteiger partial charge is 0.280 e. The summed E-state index contributed by atoms with van der Waals surface area (Å²) in [6, 6.07) is 0. The Labute approximate surface area is 66.7 Å². The predicted molar refractivity (Wildman–Crippen MR) is 45.1 cm³/mol. The van der Waals surface area contributed by atoms with E-state index in [0.717, 1.165) is 0 Å². The van der Waals surface area contributed by atoms with E-state index in [1.54, 1.807) is 20.8 Å². The van der Waals surface area contributed by atoms with Gasteiger partial charge in [-0.05, 0) is 6.72 Å². The van der Waals surface area contributed by atoms with Crippen LogP contribution in [0.1, 0.15) is 20.8 Å². The first-order valence-electron chi connectivity index (χ1n) is 3.32. The SMILES string of the molecule is C=NC(=O)C(N)(N)C(C)(C)C. The number of rotatable bonds is 1. The minimum atomic E-state index is -1.42. The highest BCUT2D eigenvalue weighted by Crippen LogP contribution is 2.24. The van der Waals surface area contributed by atoms with Gasteiger partial charge < -0.3 is 11.5 Å². The van der Waals surface area contributed by atoms with E-state index in [2.05, 4.69) is 11.7 Å². The molecule has 0 aromatic rings. The van der Waals surface area contributed by atoms with Crippen molar-refractivity contribution in [3.8, 4) is 0 Å². The number of hydrogen-bond acceptors (Lipinski definition) is 3. The van der Waals surface area contributed by atoms with E-state index in [0.29, 0.717) is 0 Å². The lowest BCUT2D eigenvalue weighted by Crippen LogP contribution is -2.64. The maximum Gasteiger partial charge on any atom is 0.280 e. The average molecular weight is 157 g/mol. The van der Waals surface area contributed by atoms with Crippen LogP contribution < -0.4 is 11.5 Å². The molecule has 0 aliphatic rings. The minimum absolute atomic E-state index is 0.509. The van der Waals surface area contributed by atoms with Crippen molar-refractivity contribution in [3.63, 3.8) is 0 Å². The maximum absolute atomic E-state index is 11.0. The third-order valence-corrected chi connectivity index (χ3v) is 1.74. The Kier molecular flexibility index (Phi) is 2.53. The van der Waals surface area contributed by atoms with Crippen molar-refractivity contribution in [2.24, 2.45) is 21.9 Å². The van der Waals surface area contributed by atoms with Gasteiger partial charge in [0.2, 0.25) is 0 Å². The summed E-state index contributed by atoms with van der Waals surface area (Å²) in [5, 5.41) is 0. The number of amides is 1. The molecule has 0 fully saturated rings. The maximum atomic E-state index is 11.0. The fourth-order valence-corrected chi connectivity index (χ4v) is 0.452. The molecule has 0 heterocycles. The molecule has 0 aromatic carbocycles. The first kappa shape index (κ1) is 10.3. The van der Waals surface area contributed by atoms with Crippen molar-refractivity contribution in [1.82, 2.24) is 0 Å². The van der Waals surface area contributed by atoms with Gasteiger partial charge in [-0.25, -0.2) is 4.99 Å². The van der Waals surface area contributed by atoms with Crippen LogP contribution in [-0.4, -0.2) is 18.3 Å². The molecular weight excluding hydrogens is 142 g/mol. The van der Waals surface area contributed by atoms with Crippen LogP contribution in [-0.2, 0) is 4.79 Å². The van der Waals surface area contributed by atoms with Crippen LogP contribution in [0, 0.1) is 5.41 Å². The zero-order chi connectivity index (χ0) is 9.28. The van der Waals surface area contributed by atoms with E-state index in [1.165, 1.54) is 0 Å². The van der Waals surface area contributed by atoms with Gasteiger partial charge in [-0.3, -0.25) is 4.79 Å². The van der Waals surface area contributed by atoms with Crippen molar-refractivity contribution < 1.29 is 4.79 Å². The lowest BCUT2D eigenvalue weighted by atomic mass is 9.81.